The summed E-state index contributed by atoms with van der Waals surface area (Å²) in [5, 5.41) is 0. The van der Waals surface area contributed by atoms with Gasteiger partial charge in [-0.2, -0.15) is 4.99 Å². The summed E-state index contributed by atoms with van der Waals surface area (Å²) in [6.07, 6.45) is 2.64. The van der Waals surface area contributed by atoms with E-state index in [1.165, 1.54) is 6.08 Å². The molecular weight excluding hydrogens is 145 g/mol. The van der Waals surface area contributed by atoms with Crippen LogP contribution in [0.25, 0.3) is 0 Å². The Bertz CT molecular complexity index is 177. The van der Waals surface area contributed by atoms with Gasteiger partial charge in [-0.3, -0.25) is 0 Å². The zero-order valence-corrected chi connectivity index (χ0v) is 6.59. The molecule has 3 unspecified atom stereocenters. The molecule has 1 aliphatic rings. The third kappa shape index (κ3) is 2.12. The summed E-state index contributed by atoms with van der Waals surface area (Å²) in [6, 6.07) is -0.420. The zero-order chi connectivity index (χ0) is 8.27. The van der Waals surface area contributed by atoms with Crippen molar-refractivity contribution in [2.24, 2.45) is 10.9 Å². The van der Waals surface area contributed by atoms with Crippen LogP contribution in [0, 0.1) is 5.92 Å². The van der Waals surface area contributed by atoms with E-state index in [1.54, 1.807) is 0 Å². The first-order valence-corrected chi connectivity index (χ1v) is 3.95. The van der Waals surface area contributed by atoms with Crippen LogP contribution in [0.1, 0.15) is 26.2 Å². The number of isocyanates is 1. The highest BCUT2D eigenvalue weighted by Crippen LogP contribution is 2.27. The molecule has 0 aliphatic heterocycles. The molecule has 1 aliphatic carbocycles. The lowest BCUT2D eigenvalue weighted by Gasteiger charge is -2.25. The third-order valence-corrected chi connectivity index (χ3v) is 2.22. The van der Waals surface area contributed by atoms with E-state index >= 15 is 0 Å². The summed E-state index contributed by atoms with van der Waals surface area (Å²) in [4.78, 5) is 13.3. The fourth-order valence-corrected chi connectivity index (χ4v) is 1.52. The summed E-state index contributed by atoms with van der Waals surface area (Å²) < 4.78 is 12.9. The minimum absolute atomic E-state index is 0.420. The summed E-state index contributed by atoms with van der Waals surface area (Å²) >= 11 is 0. The van der Waals surface area contributed by atoms with Gasteiger partial charge in [-0.05, 0) is 25.2 Å². The Morgan fingerprint density at radius 2 is 2.27 bits per heavy atom. The topological polar surface area (TPSA) is 29.4 Å². The molecule has 0 spiro atoms. The van der Waals surface area contributed by atoms with Gasteiger partial charge in [0.25, 0.3) is 0 Å². The van der Waals surface area contributed by atoms with E-state index in [1.807, 2.05) is 0 Å². The van der Waals surface area contributed by atoms with Gasteiger partial charge in [0.05, 0.1) is 6.04 Å². The van der Waals surface area contributed by atoms with Gasteiger partial charge in [-0.25, -0.2) is 9.18 Å². The van der Waals surface area contributed by atoms with E-state index in [0.717, 1.165) is 6.42 Å². The van der Waals surface area contributed by atoms with Crippen molar-refractivity contribution in [3.8, 4) is 0 Å². The summed E-state index contributed by atoms with van der Waals surface area (Å²) in [6.45, 7) is 2.05. The molecule has 62 valence electrons. The smallest absolute Gasteiger partial charge is 0.235 e. The van der Waals surface area contributed by atoms with Gasteiger partial charge in [0.15, 0.2) is 0 Å². The Labute approximate surface area is 65.5 Å². The summed E-state index contributed by atoms with van der Waals surface area (Å²) in [5.41, 5.74) is 0. The predicted molar refractivity (Wildman–Crippen MR) is 39.8 cm³/mol. The van der Waals surface area contributed by atoms with Crippen LogP contribution >= 0.6 is 0 Å². The van der Waals surface area contributed by atoms with Crippen molar-refractivity contribution in [3.63, 3.8) is 0 Å². The summed E-state index contributed by atoms with van der Waals surface area (Å²) in [7, 11) is 0. The standard InChI is InChI=1S/C8H12FNO/c1-6-2-3-7(9)8(4-6)10-5-11/h6-8H,2-4H2,1H3. The van der Waals surface area contributed by atoms with Crippen LogP contribution in [0.5, 0.6) is 0 Å². The lowest BCUT2D eigenvalue weighted by molar-refractivity contribution is 0.186. The molecule has 0 heterocycles. The molecular formula is C8H12FNO. The molecule has 11 heavy (non-hydrogen) atoms. The average Bonchev–Trinajstić information content (AvgIpc) is 1.98. The molecule has 1 fully saturated rings. The fraction of sp³-hybridized carbons (Fsp3) is 0.875. The molecule has 2 nitrogen and oxygen atoms in total. The van der Waals surface area contributed by atoms with Gasteiger partial charge >= 0.3 is 0 Å². The van der Waals surface area contributed by atoms with Crippen LogP contribution in [0.2, 0.25) is 0 Å². The van der Waals surface area contributed by atoms with E-state index in [-0.39, 0.29) is 0 Å². The van der Waals surface area contributed by atoms with Crippen molar-refractivity contribution >= 4 is 6.08 Å². The van der Waals surface area contributed by atoms with E-state index in [0.29, 0.717) is 18.8 Å². The number of rotatable bonds is 1. The first-order chi connectivity index (χ1) is 5.24. The van der Waals surface area contributed by atoms with Crippen LogP contribution in [0.15, 0.2) is 4.99 Å². The first-order valence-electron chi connectivity index (χ1n) is 3.95. The Morgan fingerprint density at radius 3 is 2.91 bits per heavy atom. The molecule has 0 amide bonds. The Balaban J connectivity index is 2.53. The molecule has 1 saturated carbocycles. The number of nitrogens with zero attached hydrogens (tertiary/aromatic N) is 1. The van der Waals surface area contributed by atoms with Crippen LogP contribution in [-0.2, 0) is 4.79 Å². The molecule has 0 bridgehead atoms. The molecule has 0 saturated heterocycles. The first kappa shape index (κ1) is 8.41. The van der Waals surface area contributed by atoms with Crippen molar-refractivity contribution < 1.29 is 9.18 Å². The predicted octanol–water partition coefficient (Wildman–Crippen LogP) is 1.85. The Kier molecular flexibility index (Phi) is 2.77. The minimum atomic E-state index is -0.923. The molecule has 0 radical (unpaired) electrons. The molecule has 0 aromatic heterocycles. The number of halogens is 1. The van der Waals surface area contributed by atoms with Crippen LogP contribution in [0.4, 0.5) is 4.39 Å². The largest absolute Gasteiger partial charge is 0.245 e. The molecule has 0 N–H and O–H groups in total. The third-order valence-electron chi connectivity index (χ3n) is 2.22. The molecule has 1 rings (SSSR count). The highest BCUT2D eigenvalue weighted by Gasteiger charge is 2.27. The maximum absolute atomic E-state index is 12.9. The lowest BCUT2D eigenvalue weighted by atomic mass is 9.86. The number of hydrogen-bond donors (Lipinski definition) is 0. The maximum Gasteiger partial charge on any atom is 0.235 e. The number of hydrogen-bond acceptors (Lipinski definition) is 2. The second-order valence-electron chi connectivity index (χ2n) is 3.22. The lowest BCUT2D eigenvalue weighted by Crippen LogP contribution is -2.28. The highest BCUT2D eigenvalue weighted by molar-refractivity contribution is 5.33. The second-order valence-corrected chi connectivity index (χ2v) is 3.22. The Hall–Kier alpha value is -0.690. The van der Waals surface area contributed by atoms with Crippen molar-refractivity contribution in [2.45, 2.75) is 38.4 Å². The average molecular weight is 157 g/mol. The van der Waals surface area contributed by atoms with Gasteiger partial charge in [0, 0.05) is 0 Å². The SMILES string of the molecule is CC1CCC(F)C(N=C=O)C1. The molecule has 0 aromatic carbocycles. The van der Waals surface area contributed by atoms with Gasteiger partial charge in [0.1, 0.15) is 6.17 Å². The quantitative estimate of drug-likeness (QED) is 0.422. The molecule has 3 heteroatoms. The van der Waals surface area contributed by atoms with Gasteiger partial charge in [0.2, 0.25) is 6.08 Å². The fourth-order valence-electron chi connectivity index (χ4n) is 1.52. The van der Waals surface area contributed by atoms with E-state index in [2.05, 4.69) is 11.9 Å². The van der Waals surface area contributed by atoms with Gasteiger partial charge < -0.3 is 0 Å². The van der Waals surface area contributed by atoms with Crippen LogP contribution in [0.3, 0.4) is 0 Å². The zero-order valence-electron chi connectivity index (χ0n) is 6.59. The maximum atomic E-state index is 12.9. The van der Waals surface area contributed by atoms with Crippen molar-refractivity contribution in [1.29, 1.82) is 0 Å². The van der Waals surface area contributed by atoms with Crippen LogP contribution < -0.4 is 0 Å². The van der Waals surface area contributed by atoms with Gasteiger partial charge in [-0.1, -0.05) is 6.92 Å². The van der Waals surface area contributed by atoms with E-state index in [4.69, 9.17) is 0 Å². The Morgan fingerprint density at radius 1 is 1.55 bits per heavy atom. The summed E-state index contributed by atoms with van der Waals surface area (Å²) in [5.74, 6) is 0.490. The molecule has 3 atom stereocenters. The van der Waals surface area contributed by atoms with Gasteiger partial charge in [-0.15, -0.1) is 0 Å². The van der Waals surface area contributed by atoms with Crippen LogP contribution in [-0.4, -0.2) is 18.3 Å². The molecule has 0 aromatic rings. The number of carbonyl (C=O) groups excluding carboxylic acids is 1. The van der Waals surface area contributed by atoms with Crippen molar-refractivity contribution in [2.75, 3.05) is 0 Å². The second kappa shape index (κ2) is 3.63. The van der Waals surface area contributed by atoms with E-state index in [9.17, 15) is 9.18 Å². The number of alkyl halides is 1. The highest BCUT2D eigenvalue weighted by atomic mass is 19.1. The van der Waals surface area contributed by atoms with Crippen molar-refractivity contribution in [3.05, 3.63) is 0 Å². The van der Waals surface area contributed by atoms with E-state index < -0.39 is 12.2 Å². The normalized spacial score (nSPS) is 37.8. The van der Waals surface area contributed by atoms with Crippen molar-refractivity contribution in [1.82, 2.24) is 0 Å². The number of aliphatic imine (C=N–C) groups is 1. The minimum Gasteiger partial charge on any atom is -0.245 e. The monoisotopic (exact) mass is 157 g/mol.